The molecule has 0 radical (unpaired) electrons. The molecule has 416 valence electrons. The second kappa shape index (κ2) is 25.6. The van der Waals surface area contributed by atoms with Gasteiger partial charge in [-0.25, -0.2) is 14.8 Å². The zero-order chi connectivity index (χ0) is 55.8. The number of anilines is 1. The molecule has 4 aromatic heterocycles. The number of methoxy groups -OCH3 is 2. The highest BCUT2D eigenvalue weighted by Gasteiger charge is 2.41. The van der Waals surface area contributed by atoms with Crippen molar-refractivity contribution in [2.45, 2.75) is 171 Å². The number of nitrogens with one attached hydrogen (secondary N) is 1. The van der Waals surface area contributed by atoms with Crippen LogP contribution < -0.4 is 19.7 Å². The minimum absolute atomic E-state index is 0.0567. The third-order valence-electron chi connectivity index (χ3n) is 14.4. The van der Waals surface area contributed by atoms with Crippen LogP contribution in [0, 0.1) is 27.7 Å². The number of carbonyl (C=O) groups is 1. The van der Waals surface area contributed by atoms with Crippen LogP contribution in [0.3, 0.4) is 0 Å². The largest absolute Gasteiger partial charge is 0.495 e. The third kappa shape index (κ3) is 17.4. The van der Waals surface area contributed by atoms with Crippen LogP contribution in [0.1, 0.15) is 106 Å². The van der Waals surface area contributed by atoms with Crippen molar-refractivity contribution in [3.05, 3.63) is 76.0 Å². The van der Waals surface area contributed by atoms with E-state index in [0.717, 1.165) is 82.2 Å². The maximum atomic E-state index is 13.2. The highest BCUT2D eigenvalue weighted by molar-refractivity contribution is 9.10. The summed E-state index contributed by atoms with van der Waals surface area (Å²) < 4.78 is 41.2. The molecule has 15 nitrogen and oxygen atoms in total. The molecule has 2 fully saturated rings. The Morgan fingerprint density at radius 1 is 0.689 bits per heavy atom. The Kier molecular flexibility index (Phi) is 21.7. The molecule has 18 heteroatoms. The predicted molar refractivity (Wildman–Crippen MR) is 311 cm³/mol. The van der Waals surface area contributed by atoms with Gasteiger partial charge in [0.25, 0.3) is 0 Å². The van der Waals surface area contributed by atoms with Gasteiger partial charge in [0.2, 0.25) is 0 Å². The summed E-state index contributed by atoms with van der Waals surface area (Å²) in [6, 6.07) is 12.1. The molecule has 0 unspecified atom stereocenters. The summed E-state index contributed by atoms with van der Waals surface area (Å²) in [5.41, 5.74) is 4.77. The highest BCUT2D eigenvalue weighted by atomic mass is 79.9. The lowest BCUT2D eigenvalue weighted by Crippen LogP contribution is -2.59. The average Bonchev–Trinajstić information content (AvgIpc) is 3.83. The summed E-state index contributed by atoms with van der Waals surface area (Å²) in [5, 5.41) is 3.72. The Morgan fingerprint density at radius 2 is 1.16 bits per heavy atom. The molecule has 2 aliphatic rings. The second-order valence-electron chi connectivity index (χ2n) is 24.7. The van der Waals surface area contributed by atoms with Crippen LogP contribution >= 0.6 is 15.9 Å². The van der Waals surface area contributed by atoms with Crippen LogP contribution in [0.15, 0.2) is 53.3 Å². The van der Waals surface area contributed by atoms with Crippen molar-refractivity contribution in [1.82, 2.24) is 34.2 Å². The molecule has 0 aromatic carbocycles. The molecule has 0 spiro atoms. The Labute approximate surface area is 456 Å². The molecule has 0 bridgehead atoms. The van der Waals surface area contributed by atoms with Crippen molar-refractivity contribution >= 4 is 44.3 Å². The molecule has 1 amide bonds. The van der Waals surface area contributed by atoms with E-state index in [-0.39, 0.29) is 34.0 Å². The molecule has 74 heavy (non-hydrogen) atoms. The summed E-state index contributed by atoms with van der Waals surface area (Å²) in [6.07, 6.45) is 3.39. The number of hydrogen-bond acceptors (Lipinski definition) is 12. The molecule has 1 N–H and O–H groups in total. The molecular formula is C56H95BrN8O7Si2. The van der Waals surface area contributed by atoms with E-state index < -0.39 is 22.2 Å². The van der Waals surface area contributed by atoms with Gasteiger partial charge in [-0.15, -0.1) is 0 Å². The van der Waals surface area contributed by atoms with Gasteiger partial charge in [-0.3, -0.25) is 9.80 Å². The van der Waals surface area contributed by atoms with Crippen LogP contribution in [0.25, 0.3) is 11.6 Å². The smallest absolute Gasteiger partial charge is 0.410 e. The summed E-state index contributed by atoms with van der Waals surface area (Å²) in [6.45, 7) is 49.9. The van der Waals surface area contributed by atoms with Gasteiger partial charge in [-0.05, 0) is 146 Å². The first-order chi connectivity index (χ1) is 34.1. The Hall–Kier alpha value is -3.76. The molecule has 0 saturated carbocycles. The number of rotatable bonds is 13. The molecule has 2 saturated heterocycles. The number of ether oxygens (including phenoxy) is 4. The molecule has 6 rings (SSSR count). The van der Waals surface area contributed by atoms with E-state index in [4.69, 9.17) is 32.8 Å². The van der Waals surface area contributed by atoms with Gasteiger partial charge >= 0.3 is 6.09 Å². The van der Waals surface area contributed by atoms with Gasteiger partial charge in [0.15, 0.2) is 16.6 Å². The zero-order valence-electron chi connectivity index (χ0n) is 49.5. The molecule has 0 aliphatic carbocycles. The van der Waals surface area contributed by atoms with Crippen molar-refractivity contribution in [2.24, 2.45) is 0 Å². The lowest BCUT2D eigenvalue weighted by atomic mass is 10.1. The van der Waals surface area contributed by atoms with E-state index in [9.17, 15) is 4.79 Å². The Morgan fingerprint density at radius 3 is 1.62 bits per heavy atom. The monoisotopic (exact) mass is 1130 g/mol. The Bertz CT molecular complexity index is 2390. The molecule has 6 heterocycles. The maximum absolute atomic E-state index is 13.2. The maximum Gasteiger partial charge on any atom is 0.410 e. The summed E-state index contributed by atoms with van der Waals surface area (Å²) in [4.78, 5) is 28.8. The Balaban J connectivity index is 0.000000268. The van der Waals surface area contributed by atoms with Gasteiger partial charge in [0.1, 0.15) is 35.0 Å². The quantitative estimate of drug-likeness (QED) is 0.128. The highest BCUT2D eigenvalue weighted by Crippen LogP contribution is 2.39. The van der Waals surface area contributed by atoms with Gasteiger partial charge in [-0.1, -0.05) is 41.5 Å². The predicted octanol–water partition coefficient (Wildman–Crippen LogP) is 12.3. The van der Waals surface area contributed by atoms with Gasteiger partial charge in [0.05, 0.1) is 55.4 Å². The molecule has 4 aromatic rings. The number of aryl methyl sites for hydroxylation is 4. The first-order valence-electron chi connectivity index (χ1n) is 26.3. The molecule has 2 atom stereocenters. The van der Waals surface area contributed by atoms with Crippen LogP contribution in [-0.2, 0) is 18.3 Å². The number of halogens is 1. The number of nitrogens with zero attached hydrogens (tertiary/aromatic N) is 7. The standard InChI is InChI=1S/C28H46N4O4Si.C16H36N2O2Si.C12H13BrN2O/c1-20-12-13-21(2)32(20)25-16-24(34-9)23(17-29-25)30-14-15-31(26(33)36-27(3,4)5)22(18-30)19-35-37(10,11)28(6,7)8;1-15(2,3)20-14(18-11-9-17-10-12-18)13-19-21(7,8)16(4,5)6;1-8-4-5-9(2)15(8)12-6-11(16-3)10(13)7-14-12/h12-13,16-17,22H,14-15,18-19H2,1-11H3;14,17H,9-13H2,1-8H3;4-7H,1-3H3/t22-;14-;/m01./s1. The molecule has 2 aliphatic heterocycles. The van der Waals surface area contributed by atoms with Crippen molar-refractivity contribution < 1.29 is 32.6 Å². The molecular weight excluding hydrogens is 1030 g/mol. The van der Waals surface area contributed by atoms with E-state index in [0.29, 0.717) is 32.8 Å². The fourth-order valence-corrected chi connectivity index (χ4v) is 10.5. The fraction of sp³-hybridized carbons (Fsp3) is 0.661. The van der Waals surface area contributed by atoms with Gasteiger partial charge in [0, 0.05) is 86.9 Å². The summed E-state index contributed by atoms with van der Waals surface area (Å²) in [5.74, 6) is 3.25. The van der Waals surface area contributed by atoms with Crippen LogP contribution in [0.4, 0.5) is 10.5 Å². The van der Waals surface area contributed by atoms with E-state index >= 15 is 0 Å². The minimum atomic E-state index is -2.01. The SMILES string of the molecule is CC(C)(C)O[C@H](CO[Si](C)(C)C(C)(C)C)N1CCNCC1.COc1cc(-n2c(C)ccc2C)ncc1Br.COc1cc(-n2c(C)ccc2C)ncc1N1CCN(C(=O)OC(C)(C)C)[C@H](CO[Si](C)(C)C(C)(C)C)C1. The van der Waals surface area contributed by atoms with E-state index in [1.807, 2.05) is 44.0 Å². The normalized spacial score (nSPS) is 16.7. The van der Waals surface area contributed by atoms with E-state index in [1.54, 1.807) is 20.4 Å². The third-order valence-corrected chi connectivity index (χ3v) is 24.0. The van der Waals surface area contributed by atoms with Gasteiger partial charge < -0.3 is 47.2 Å². The number of pyridine rings is 2. The van der Waals surface area contributed by atoms with Crippen molar-refractivity contribution in [3.63, 3.8) is 0 Å². The van der Waals surface area contributed by atoms with Crippen molar-refractivity contribution in [1.29, 1.82) is 0 Å². The first-order valence-corrected chi connectivity index (χ1v) is 32.9. The summed E-state index contributed by atoms with van der Waals surface area (Å²) in [7, 11) is -0.395. The zero-order valence-corrected chi connectivity index (χ0v) is 53.1. The number of aromatic nitrogens is 4. The number of hydrogen-bond donors (Lipinski definition) is 1. The van der Waals surface area contributed by atoms with Crippen LogP contribution in [0.2, 0.25) is 36.3 Å². The van der Waals surface area contributed by atoms with Gasteiger partial charge in [-0.2, -0.15) is 0 Å². The van der Waals surface area contributed by atoms with E-state index in [2.05, 4.69) is 186 Å². The van der Waals surface area contributed by atoms with Crippen LogP contribution in [0.5, 0.6) is 11.5 Å². The second-order valence-corrected chi connectivity index (χ2v) is 35.2. The van der Waals surface area contributed by atoms with Crippen molar-refractivity contribution in [2.75, 3.05) is 78.1 Å². The van der Waals surface area contributed by atoms with Crippen molar-refractivity contribution in [3.8, 4) is 23.1 Å². The minimum Gasteiger partial charge on any atom is -0.495 e. The average molecular weight is 1130 g/mol. The number of piperazine rings is 2. The number of amides is 1. The number of carbonyl (C=O) groups excluding carboxylic acids is 1. The lowest BCUT2D eigenvalue weighted by molar-refractivity contribution is -0.150. The fourth-order valence-electron chi connectivity index (χ4n) is 8.08. The topological polar surface area (TPSA) is 130 Å². The first kappa shape index (κ1) is 62.8. The van der Waals surface area contributed by atoms with Crippen LogP contribution in [-0.4, -0.2) is 148 Å². The summed E-state index contributed by atoms with van der Waals surface area (Å²) >= 11 is 3.39. The van der Waals surface area contributed by atoms with E-state index in [1.165, 1.54) is 0 Å². The lowest BCUT2D eigenvalue weighted by Gasteiger charge is -2.44.